The molecule has 1 aliphatic rings. The van der Waals surface area contributed by atoms with E-state index in [2.05, 4.69) is 5.10 Å². The molecule has 26 heavy (non-hydrogen) atoms. The maximum atomic E-state index is 12.5. The number of aliphatic hydroxyl groups excluding tert-OH is 1. The van der Waals surface area contributed by atoms with Gasteiger partial charge in [-0.2, -0.15) is 5.10 Å². The molecule has 0 bridgehead atoms. The van der Waals surface area contributed by atoms with Gasteiger partial charge in [0.2, 0.25) is 5.91 Å². The Morgan fingerprint density at radius 3 is 2.62 bits per heavy atom. The summed E-state index contributed by atoms with van der Waals surface area (Å²) in [5.41, 5.74) is 3.49. The van der Waals surface area contributed by atoms with Gasteiger partial charge in [-0.1, -0.05) is 24.3 Å². The van der Waals surface area contributed by atoms with Gasteiger partial charge in [0.25, 0.3) is 5.56 Å². The molecule has 138 valence electrons. The summed E-state index contributed by atoms with van der Waals surface area (Å²) in [7, 11) is 0. The van der Waals surface area contributed by atoms with Crippen molar-refractivity contribution in [2.75, 3.05) is 13.1 Å². The molecule has 2 heterocycles. The van der Waals surface area contributed by atoms with Crippen LogP contribution >= 0.6 is 0 Å². The SMILES string of the molecule is Cc1cc(=O)n(CC(=O)N2CCC(Cc3ccc(CO)cc3)C2)nc1C. The highest BCUT2D eigenvalue weighted by Crippen LogP contribution is 2.21. The fourth-order valence-corrected chi connectivity index (χ4v) is 3.35. The first-order chi connectivity index (χ1) is 12.5. The second-order valence-corrected chi connectivity index (χ2v) is 7.08. The third-order valence-electron chi connectivity index (χ3n) is 5.09. The Hall–Kier alpha value is -2.47. The summed E-state index contributed by atoms with van der Waals surface area (Å²) >= 11 is 0. The second kappa shape index (κ2) is 7.83. The Morgan fingerprint density at radius 1 is 1.23 bits per heavy atom. The molecule has 1 aromatic carbocycles. The van der Waals surface area contributed by atoms with Crippen molar-refractivity contribution in [1.82, 2.24) is 14.7 Å². The van der Waals surface area contributed by atoms with Crippen LogP contribution in [0.3, 0.4) is 0 Å². The quantitative estimate of drug-likeness (QED) is 0.881. The van der Waals surface area contributed by atoms with Crippen LogP contribution in [0.5, 0.6) is 0 Å². The lowest BCUT2D eigenvalue weighted by Crippen LogP contribution is -2.36. The molecule has 1 saturated heterocycles. The molecule has 2 aromatic rings. The number of benzene rings is 1. The van der Waals surface area contributed by atoms with Gasteiger partial charge in [0.05, 0.1) is 12.3 Å². The van der Waals surface area contributed by atoms with Gasteiger partial charge in [0.15, 0.2) is 0 Å². The second-order valence-electron chi connectivity index (χ2n) is 7.08. The highest BCUT2D eigenvalue weighted by molar-refractivity contribution is 5.76. The van der Waals surface area contributed by atoms with Gasteiger partial charge < -0.3 is 10.0 Å². The lowest BCUT2D eigenvalue weighted by atomic mass is 9.98. The van der Waals surface area contributed by atoms with Crippen molar-refractivity contribution >= 4 is 5.91 Å². The van der Waals surface area contributed by atoms with Gasteiger partial charge in [-0.05, 0) is 49.3 Å². The minimum absolute atomic E-state index is 0.00211. The van der Waals surface area contributed by atoms with Crippen molar-refractivity contribution in [3.05, 3.63) is 63.1 Å². The van der Waals surface area contributed by atoms with Crippen molar-refractivity contribution in [3.63, 3.8) is 0 Å². The van der Waals surface area contributed by atoms with Crippen molar-refractivity contribution in [1.29, 1.82) is 0 Å². The standard InChI is InChI=1S/C20H25N3O3/c1-14-9-19(25)23(21-15(14)2)12-20(26)22-8-7-18(11-22)10-16-3-5-17(13-24)6-4-16/h3-6,9,18,24H,7-8,10-13H2,1-2H3. The van der Waals surface area contributed by atoms with Crippen LogP contribution in [0, 0.1) is 19.8 Å². The van der Waals surface area contributed by atoms with E-state index in [-0.39, 0.29) is 24.6 Å². The highest BCUT2D eigenvalue weighted by Gasteiger charge is 2.26. The number of carbonyl (C=O) groups excluding carboxylic acids is 1. The Balaban J connectivity index is 1.58. The third-order valence-corrected chi connectivity index (χ3v) is 5.09. The molecule has 6 heteroatoms. The van der Waals surface area contributed by atoms with E-state index in [0.717, 1.165) is 36.2 Å². The molecular weight excluding hydrogens is 330 g/mol. The van der Waals surface area contributed by atoms with E-state index < -0.39 is 0 Å². The largest absolute Gasteiger partial charge is 0.392 e. The molecule has 1 N–H and O–H groups in total. The zero-order valence-corrected chi connectivity index (χ0v) is 15.3. The van der Waals surface area contributed by atoms with Crippen LogP contribution in [-0.4, -0.2) is 38.8 Å². The topological polar surface area (TPSA) is 75.4 Å². The number of amides is 1. The van der Waals surface area contributed by atoms with Crippen LogP contribution in [0.15, 0.2) is 35.1 Å². The number of hydrogen-bond donors (Lipinski definition) is 1. The zero-order valence-electron chi connectivity index (χ0n) is 15.3. The average molecular weight is 355 g/mol. The summed E-state index contributed by atoms with van der Waals surface area (Å²) in [5, 5.41) is 13.3. The fraction of sp³-hybridized carbons (Fsp3) is 0.450. The Kier molecular flexibility index (Phi) is 5.52. The minimum atomic E-state index is -0.235. The van der Waals surface area contributed by atoms with Crippen molar-refractivity contribution in [2.24, 2.45) is 5.92 Å². The molecule has 1 amide bonds. The maximum Gasteiger partial charge on any atom is 0.267 e. The molecule has 1 aromatic heterocycles. The molecule has 0 radical (unpaired) electrons. The first-order valence-corrected chi connectivity index (χ1v) is 8.98. The molecule has 1 unspecified atom stereocenters. The monoisotopic (exact) mass is 355 g/mol. The third kappa shape index (κ3) is 4.19. The summed E-state index contributed by atoms with van der Waals surface area (Å²) in [6, 6.07) is 9.47. The summed E-state index contributed by atoms with van der Waals surface area (Å²) in [5.74, 6) is 0.365. The van der Waals surface area contributed by atoms with Crippen molar-refractivity contribution < 1.29 is 9.90 Å². The van der Waals surface area contributed by atoms with E-state index in [9.17, 15) is 9.59 Å². The number of aliphatic hydroxyl groups is 1. The Labute approximate surface area is 153 Å². The van der Waals surface area contributed by atoms with Gasteiger partial charge >= 0.3 is 0 Å². The molecular formula is C20H25N3O3. The fourth-order valence-electron chi connectivity index (χ4n) is 3.35. The van der Waals surface area contributed by atoms with Crippen molar-refractivity contribution in [2.45, 2.75) is 39.8 Å². The summed E-state index contributed by atoms with van der Waals surface area (Å²) in [6.45, 7) is 5.16. The number of aryl methyl sites for hydroxylation is 2. The number of nitrogens with zero attached hydrogens (tertiary/aromatic N) is 3. The van der Waals surface area contributed by atoms with Crippen LogP contribution in [0.25, 0.3) is 0 Å². The van der Waals surface area contributed by atoms with E-state index in [1.807, 2.05) is 43.0 Å². The van der Waals surface area contributed by atoms with Gasteiger partial charge in [-0.25, -0.2) is 4.68 Å². The average Bonchev–Trinajstić information content (AvgIpc) is 3.09. The number of carbonyl (C=O) groups is 1. The highest BCUT2D eigenvalue weighted by atomic mass is 16.3. The molecule has 1 fully saturated rings. The Bertz CT molecular complexity index is 842. The summed E-state index contributed by atoms with van der Waals surface area (Å²) in [4.78, 5) is 26.4. The number of aromatic nitrogens is 2. The van der Waals surface area contributed by atoms with Crippen LogP contribution < -0.4 is 5.56 Å². The van der Waals surface area contributed by atoms with Crippen LogP contribution in [-0.2, 0) is 24.4 Å². The molecule has 3 rings (SSSR count). The maximum absolute atomic E-state index is 12.5. The van der Waals surface area contributed by atoms with Gasteiger partial charge in [-0.15, -0.1) is 0 Å². The summed E-state index contributed by atoms with van der Waals surface area (Å²) < 4.78 is 1.26. The predicted molar refractivity (Wildman–Crippen MR) is 98.7 cm³/mol. The molecule has 1 aliphatic heterocycles. The number of hydrogen-bond acceptors (Lipinski definition) is 4. The molecule has 0 saturated carbocycles. The van der Waals surface area contributed by atoms with E-state index in [1.54, 1.807) is 0 Å². The first kappa shape index (κ1) is 18.3. The van der Waals surface area contributed by atoms with E-state index in [4.69, 9.17) is 5.11 Å². The van der Waals surface area contributed by atoms with Crippen LogP contribution in [0.2, 0.25) is 0 Å². The molecule has 6 nitrogen and oxygen atoms in total. The summed E-state index contributed by atoms with van der Waals surface area (Å²) in [6.07, 6.45) is 1.88. The lowest BCUT2D eigenvalue weighted by Gasteiger charge is -2.17. The van der Waals surface area contributed by atoms with Gasteiger partial charge in [-0.3, -0.25) is 9.59 Å². The van der Waals surface area contributed by atoms with Crippen molar-refractivity contribution in [3.8, 4) is 0 Å². The first-order valence-electron chi connectivity index (χ1n) is 8.98. The smallest absolute Gasteiger partial charge is 0.267 e. The zero-order chi connectivity index (χ0) is 18.7. The van der Waals surface area contributed by atoms with E-state index in [0.29, 0.717) is 12.5 Å². The predicted octanol–water partition coefficient (Wildman–Crippen LogP) is 1.44. The Morgan fingerprint density at radius 2 is 1.92 bits per heavy atom. The minimum Gasteiger partial charge on any atom is -0.392 e. The molecule has 0 aliphatic carbocycles. The van der Waals surface area contributed by atoms with Crippen LogP contribution in [0.4, 0.5) is 0 Å². The number of likely N-dealkylation sites (tertiary alicyclic amines) is 1. The van der Waals surface area contributed by atoms with E-state index in [1.165, 1.54) is 16.3 Å². The molecule has 1 atom stereocenters. The number of rotatable bonds is 5. The molecule has 0 spiro atoms. The van der Waals surface area contributed by atoms with Gasteiger partial charge in [0, 0.05) is 19.2 Å². The van der Waals surface area contributed by atoms with Gasteiger partial charge in [0.1, 0.15) is 6.54 Å². The van der Waals surface area contributed by atoms with Crippen LogP contribution in [0.1, 0.15) is 28.8 Å². The normalized spacial score (nSPS) is 16.9. The lowest BCUT2D eigenvalue weighted by molar-refractivity contribution is -0.131. The van der Waals surface area contributed by atoms with E-state index >= 15 is 0 Å².